The number of hydrogen-bond donors (Lipinski definition) is 1. The number of amides is 3. The minimum absolute atomic E-state index is 0.179. The highest BCUT2D eigenvalue weighted by Crippen LogP contribution is 2.17. The van der Waals surface area contributed by atoms with E-state index in [1.54, 1.807) is 0 Å². The van der Waals surface area contributed by atoms with Crippen LogP contribution in [0.2, 0.25) is 0 Å². The number of nitrogens with zero attached hydrogens (tertiary/aromatic N) is 1. The highest BCUT2D eigenvalue weighted by atomic mass is 16.2. The molecule has 0 aromatic heterocycles. The SMILES string of the molecule is C#CC(=O)N1CC(=O)NC(=O)C1(C)C. The van der Waals surface area contributed by atoms with E-state index >= 15 is 0 Å². The Kier molecular flexibility index (Phi) is 2.30. The Morgan fingerprint density at radius 2 is 2.14 bits per heavy atom. The summed E-state index contributed by atoms with van der Waals surface area (Å²) in [5.41, 5.74) is -1.07. The third-order valence-corrected chi connectivity index (χ3v) is 2.15. The van der Waals surface area contributed by atoms with Crippen LogP contribution in [0.15, 0.2) is 0 Å². The summed E-state index contributed by atoms with van der Waals surface area (Å²) in [6.07, 6.45) is 4.93. The summed E-state index contributed by atoms with van der Waals surface area (Å²) in [6, 6.07) is 0. The number of terminal acetylenes is 1. The van der Waals surface area contributed by atoms with Crippen molar-refractivity contribution in [3.8, 4) is 12.3 Å². The Balaban J connectivity index is 3.03. The lowest BCUT2D eigenvalue weighted by molar-refractivity contribution is -0.152. The summed E-state index contributed by atoms with van der Waals surface area (Å²) in [4.78, 5) is 34.7. The lowest BCUT2D eigenvalue weighted by Crippen LogP contribution is -2.65. The zero-order valence-corrected chi connectivity index (χ0v) is 7.96. The summed E-state index contributed by atoms with van der Waals surface area (Å²) in [6.45, 7) is 2.88. The van der Waals surface area contributed by atoms with E-state index in [4.69, 9.17) is 6.42 Å². The largest absolute Gasteiger partial charge is 0.308 e. The van der Waals surface area contributed by atoms with Gasteiger partial charge in [-0.2, -0.15) is 0 Å². The molecule has 0 saturated carbocycles. The maximum Gasteiger partial charge on any atom is 0.299 e. The normalized spacial score (nSPS) is 19.9. The molecule has 1 N–H and O–H groups in total. The maximum absolute atomic E-state index is 11.4. The zero-order valence-electron chi connectivity index (χ0n) is 7.96. The highest BCUT2D eigenvalue weighted by molar-refractivity contribution is 6.08. The molecule has 14 heavy (non-hydrogen) atoms. The van der Waals surface area contributed by atoms with Gasteiger partial charge in [0.05, 0.1) is 0 Å². The van der Waals surface area contributed by atoms with Crippen LogP contribution in [-0.4, -0.2) is 34.7 Å². The van der Waals surface area contributed by atoms with Gasteiger partial charge in [0.2, 0.25) is 5.91 Å². The van der Waals surface area contributed by atoms with E-state index in [9.17, 15) is 14.4 Å². The predicted octanol–water partition coefficient (Wildman–Crippen LogP) is -1.12. The smallest absolute Gasteiger partial charge is 0.299 e. The second kappa shape index (κ2) is 3.14. The molecule has 3 amide bonds. The van der Waals surface area contributed by atoms with Crippen LogP contribution in [0.25, 0.3) is 0 Å². The maximum atomic E-state index is 11.4. The van der Waals surface area contributed by atoms with E-state index in [1.807, 2.05) is 5.92 Å². The van der Waals surface area contributed by atoms with Crippen molar-refractivity contribution in [2.45, 2.75) is 19.4 Å². The van der Waals surface area contributed by atoms with Crippen LogP contribution in [0.5, 0.6) is 0 Å². The van der Waals surface area contributed by atoms with E-state index in [0.29, 0.717) is 0 Å². The van der Waals surface area contributed by atoms with E-state index in [0.717, 1.165) is 4.90 Å². The van der Waals surface area contributed by atoms with Crippen LogP contribution in [0.1, 0.15) is 13.8 Å². The van der Waals surface area contributed by atoms with Crippen molar-refractivity contribution in [1.82, 2.24) is 10.2 Å². The summed E-state index contributed by atoms with van der Waals surface area (Å²) in [7, 11) is 0. The first-order valence-electron chi connectivity index (χ1n) is 4.02. The monoisotopic (exact) mass is 194 g/mol. The number of nitrogens with one attached hydrogen (secondary N) is 1. The van der Waals surface area contributed by atoms with Gasteiger partial charge in [0.25, 0.3) is 11.8 Å². The van der Waals surface area contributed by atoms with Gasteiger partial charge in [-0.15, -0.1) is 6.42 Å². The molecule has 0 aliphatic carbocycles. The first-order valence-corrected chi connectivity index (χ1v) is 4.02. The van der Waals surface area contributed by atoms with Crippen LogP contribution < -0.4 is 5.32 Å². The number of imide groups is 1. The van der Waals surface area contributed by atoms with Crippen LogP contribution in [0, 0.1) is 12.3 Å². The van der Waals surface area contributed by atoms with Crippen LogP contribution in [0.4, 0.5) is 0 Å². The molecule has 0 bridgehead atoms. The van der Waals surface area contributed by atoms with Gasteiger partial charge in [0.1, 0.15) is 12.1 Å². The Labute approximate surface area is 81.4 Å². The van der Waals surface area contributed by atoms with Gasteiger partial charge in [0, 0.05) is 0 Å². The second-order valence-corrected chi connectivity index (χ2v) is 3.47. The third-order valence-electron chi connectivity index (χ3n) is 2.15. The quantitative estimate of drug-likeness (QED) is 0.392. The van der Waals surface area contributed by atoms with Crippen molar-refractivity contribution in [2.24, 2.45) is 0 Å². The molecule has 1 heterocycles. The molecule has 0 aromatic carbocycles. The molecule has 0 spiro atoms. The first-order chi connectivity index (χ1) is 6.39. The van der Waals surface area contributed by atoms with E-state index in [1.165, 1.54) is 13.8 Å². The number of hydrogen-bond acceptors (Lipinski definition) is 3. The highest BCUT2D eigenvalue weighted by Gasteiger charge is 2.42. The Morgan fingerprint density at radius 1 is 1.57 bits per heavy atom. The molecule has 1 aliphatic heterocycles. The molecular formula is C9H10N2O3. The summed E-state index contributed by atoms with van der Waals surface area (Å²) >= 11 is 0. The van der Waals surface area contributed by atoms with Gasteiger partial charge in [-0.25, -0.2) is 0 Å². The molecule has 0 unspecified atom stereocenters. The van der Waals surface area contributed by atoms with E-state index in [-0.39, 0.29) is 6.54 Å². The second-order valence-electron chi connectivity index (χ2n) is 3.47. The fraction of sp³-hybridized carbons (Fsp3) is 0.444. The number of carbonyl (C=O) groups is 3. The fourth-order valence-electron chi connectivity index (χ4n) is 1.19. The molecule has 0 aromatic rings. The average molecular weight is 194 g/mol. The standard InChI is InChI=1S/C9H10N2O3/c1-4-7(13)11-5-6(12)10-8(14)9(11,2)3/h1H,5H2,2-3H3,(H,10,12,14). The van der Waals surface area contributed by atoms with Crippen molar-refractivity contribution in [3.05, 3.63) is 0 Å². The van der Waals surface area contributed by atoms with E-state index < -0.39 is 23.3 Å². The summed E-state index contributed by atoms with van der Waals surface area (Å²) < 4.78 is 0. The van der Waals surface area contributed by atoms with Gasteiger partial charge >= 0.3 is 0 Å². The molecule has 0 atom stereocenters. The predicted molar refractivity (Wildman–Crippen MR) is 47.8 cm³/mol. The molecule has 0 radical (unpaired) electrons. The lowest BCUT2D eigenvalue weighted by atomic mass is 9.99. The van der Waals surface area contributed by atoms with Gasteiger partial charge in [-0.3, -0.25) is 19.7 Å². The van der Waals surface area contributed by atoms with E-state index in [2.05, 4.69) is 5.32 Å². The zero-order chi connectivity index (χ0) is 10.9. The van der Waals surface area contributed by atoms with Crippen molar-refractivity contribution >= 4 is 17.7 Å². The Morgan fingerprint density at radius 3 is 2.64 bits per heavy atom. The van der Waals surface area contributed by atoms with Gasteiger partial charge in [0.15, 0.2) is 0 Å². The molecule has 5 heteroatoms. The molecular weight excluding hydrogens is 184 g/mol. The molecule has 5 nitrogen and oxygen atoms in total. The number of carbonyl (C=O) groups excluding carboxylic acids is 3. The van der Waals surface area contributed by atoms with Crippen molar-refractivity contribution in [3.63, 3.8) is 0 Å². The Hall–Kier alpha value is -1.83. The van der Waals surface area contributed by atoms with Crippen LogP contribution in [-0.2, 0) is 14.4 Å². The van der Waals surface area contributed by atoms with Crippen molar-refractivity contribution < 1.29 is 14.4 Å². The van der Waals surface area contributed by atoms with Crippen LogP contribution in [0.3, 0.4) is 0 Å². The van der Waals surface area contributed by atoms with Gasteiger partial charge in [-0.05, 0) is 19.8 Å². The molecule has 74 valence electrons. The fourth-order valence-corrected chi connectivity index (χ4v) is 1.19. The third kappa shape index (κ3) is 1.46. The molecule has 1 fully saturated rings. The Bertz CT molecular complexity index is 352. The first kappa shape index (κ1) is 10.3. The van der Waals surface area contributed by atoms with Crippen molar-refractivity contribution in [2.75, 3.05) is 6.54 Å². The molecule has 1 rings (SSSR count). The summed E-state index contributed by atoms with van der Waals surface area (Å²) in [5, 5.41) is 2.14. The van der Waals surface area contributed by atoms with Gasteiger partial charge < -0.3 is 4.90 Å². The minimum Gasteiger partial charge on any atom is -0.308 e. The number of piperazine rings is 1. The van der Waals surface area contributed by atoms with Crippen molar-refractivity contribution in [1.29, 1.82) is 0 Å². The summed E-state index contributed by atoms with van der Waals surface area (Å²) in [5.74, 6) is 0.200. The number of rotatable bonds is 0. The lowest BCUT2D eigenvalue weighted by Gasteiger charge is -2.38. The van der Waals surface area contributed by atoms with Gasteiger partial charge in [-0.1, -0.05) is 0 Å². The minimum atomic E-state index is -1.07. The molecule has 1 saturated heterocycles. The average Bonchev–Trinajstić information content (AvgIpc) is 2.10. The van der Waals surface area contributed by atoms with Crippen LogP contribution >= 0.6 is 0 Å². The molecule has 1 aliphatic rings. The topological polar surface area (TPSA) is 66.5 Å².